The summed E-state index contributed by atoms with van der Waals surface area (Å²) in [6.45, 7) is 5.40. The van der Waals surface area contributed by atoms with Crippen molar-refractivity contribution in [2.75, 3.05) is 0 Å². The molecule has 4 nitrogen and oxygen atoms in total. The minimum Gasteiger partial charge on any atom is -0.366 e. The van der Waals surface area contributed by atoms with Gasteiger partial charge in [0.1, 0.15) is 0 Å². The van der Waals surface area contributed by atoms with Crippen LogP contribution in [0.1, 0.15) is 41.5 Å². The molecule has 76 valence electrons. The summed E-state index contributed by atoms with van der Waals surface area (Å²) < 4.78 is 0. The van der Waals surface area contributed by atoms with Crippen molar-refractivity contribution in [1.82, 2.24) is 4.98 Å². The molecule has 0 bridgehead atoms. The number of Topliss-reactive ketones (excluding diaryl/α,β-unsaturated/α-hetero) is 1. The third-order valence-electron chi connectivity index (χ3n) is 1.43. The van der Waals surface area contributed by atoms with Crippen LogP contribution in [0.5, 0.6) is 0 Å². The Morgan fingerprint density at radius 3 is 2.14 bits per heavy atom. The van der Waals surface area contributed by atoms with Crippen molar-refractivity contribution in [3.63, 3.8) is 0 Å². The summed E-state index contributed by atoms with van der Waals surface area (Å²) in [4.78, 5) is 25.2. The second-order valence-electron chi connectivity index (χ2n) is 2.38. The van der Waals surface area contributed by atoms with E-state index in [9.17, 15) is 9.59 Å². The number of primary amides is 1. The summed E-state index contributed by atoms with van der Waals surface area (Å²) in [6, 6.07) is 1.43. The second-order valence-corrected chi connectivity index (χ2v) is 2.38. The van der Waals surface area contributed by atoms with E-state index < -0.39 is 5.91 Å². The molecule has 1 rings (SSSR count). The zero-order valence-electron chi connectivity index (χ0n) is 8.57. The first-order chi connectivity index (χ1) is 6.61. The van der Waals surface area contributed by atoms with Crippen LogP contribution in [0.2, 0.25) is 0 Å². The molecule has 0 saturated carbocycles. The molecule has 1 heterocycles. The lowest BCUT2D eigenvalue weighted by molar-refractivity contribution is 0.1000. The fourth-order valence-electron chi connectivity index (χ4n) is 0.767. The molecule has 4 heteroatoms. The lowest BCUT2D eigenvalue weighted by Crippen LogP contribution is -2.12. The zero-order chi connectivity index (χ0) is 11.1. The number of carbonyl (C=O) groups excluding carboxylic acids is 2. The molecule has 0 atom stereocenters. The van der Waals surface area contributed by atoms with Gasteiger partial charge in [-0.25, -0.2) is 0 Å². The highest BCUT2D eigenvalue weighted by atomic mass is 16.1. The van der Waals surface area contributed by atoms with Crippen LogP contribution in [0.15, 0.2) is 18.5 Å². The van der Waals surface area contributed by atoms with E-state index in [1.54, 1.807) is 0 Å². The molecule has 0 aliphatic carbocycles. The molecule has 1 amide bonds. The molecule has 14 heavy (non-hydrogen) atoms. The smallest absolute Gasteiger partial charge is 0.250 e. The van der Waals surface area contributed by atoms with Crippen molar-refractivity contribution in [3.05, 3.63) is 29.6 Å². The van der Waals surface area contributed by atoms with Crippen LogP contribution < -0.4 is 5.73 Å². The van der Waals surface area contributed by atoms with E-state index in [2.05, 4.69) is 4.98 Å². The van der Waals surface area contributed by atoms with E-state index in [1.807, 2.05) is 13.8 Å². The number of ketones is 1. The third kappa shape index (κ3) is 3.35. The molecular formula is C10H14N2O2. The van der Waals surface area contributed by atoms with E-state index in [1.165, 1.54) is 25.4 Å². The fraction of sp³-hybridized carbons (Fsp3) is 0.300. The summed E-state index contributed by atoms with van der Waals surface area (Å²) in [5.41, 5.74) is 5.64. The van der Waals surface area contributed by atoms with Crippen molar-refractivity contribution < 1.29 is 9.59 Å². The summed E-state index contributed by atoms with van der Waals surface area (Å²) >= 11 is 0. The number of hydrogen-bond donors (Lipinski definition) is 1. The van der Waals surface area contributed by atoms with E-state index in [0.717, 1.165) is 0 Å². The SMILES string of the molecule is CC.CC(=O)c1cncc(C(N)=O)c1. The van der Waals surface area contributed by atoms with Crippen LogP contribution in [-0.4, -0.2) is 16.7 Å². The summed E-state index contributed by atoms with van der Waals surface area (Å²) in [5, 5.41) is 0. The number of pyridine rings is 1. The molecule has 0 radical (unpaired) electrons. The zero-order valence-corrected chi connectivity index (χ0v) is 8.57. The molecule has 0 aliphatic heterocycles. The highest BCUT2D eigenvalue weighted by Crippen LogP contribution is 2.02. The monoisotopic (exact) mass is 194 g/mol. The van der Waals surface area contributed by atoms with Crippen molar-refractivity contribution >= 4 is 11.7 Å². The highest BCUT2D eigenvalue weighted by molar-refractivity contribution is 5.98. The molecule has 1 aromatic rings. The first kappa shape index (κ1) is 12.3. The predicted molar refractivity (Wildman–Crippen MR) is 54.1 cm³/mol. The Morgan fingerprint density at radius 2 is 1.71 bits per heavy atom. The lowest BCUT2D eigenvalue weighted by Gasteiger charge is -1.96. The van der Waals surface area contributed by atoms with Gasteiger partial charge < -0.3 is 5.73 Å². The average Bonchev–Trinajstić information content (AvgIpc) is 2.21. The van der Waals surface area contributed by atoms with Crippen molar-refractivity contribution in [3.8, 4) is 0 Å². The van der Waals surface area contributed by atoms with Gasteiger partial charge >= 0.3 is 0 Å². The van der Waals surface area contributed by atoms with Crippen LogP contribution in [-0.2, 0) is 0 Å². The molecule has 2 N–H and O–H groups in total. The topological polar surface area (TPSA) is 73.1 Å². The number of aromatic nitrogens is 1. The van der Waals surface area contributed by atoms with Gasteiger partial charge in [0, 0.05) is 18.0 Å². The summed E-state index contributed by atoms with van der Waals surface area (Å²) in [6.07, 6.45) is 2.73. The van der Waals surface area contributed by atoms with Crippen LogP contribution in [0.25, 0.3) is 0 Å². The van der Waals surface area contributed by atoms with Crippen molar-refractivity contribution in [2.24, 2.45) is 5.73 Å². The minimum absolute atomic E-state index is 0.134. The lowest BCUT2D eigenvalue weighted by atomic mass is 10.1. The van der Waals surface area contributed by atoms with Gasteiger partial charge in [0.2, 0.25) is 5.91 Å². The van der Waals surface area contributed by atoms with Crippen LogP contribution >= 0.6 is 0 Å². The van der Waals surface area contributed by atoms with Gasteiger partial charge in [0.15, 0.2) is 5.78 Å². The molecule has 0 aliphatic rings. The van der Waals surface area contributed by atoms with Gasteiger partial charge in [0.25, 0.3) is 0 Å². The average molecular weight is 194 g/mol. The van der Waals surface area contributed by atoms with Crippen LogP contribution in [0.3, 0.4) is 0 Å². The van der Waals surface area contributed by atoms with Gasteiger partial charge in [-0.05, 0) is 13.0 Å². The Kier molecular flexibility index (Phi) is 5.14. The number of amides is 1. The third-order valence-corrected chi connectivity index (χ3v) is 1.43. The maximum Gasteiger partial charge on any atom is 0.250 e. The number of hydrogen-bond acceptors (Lipinski definition) is 3. The second kappa shape index (κ2) is 5.85. The quantitative estimate of drug-likeness (QED) is 0.723. The van der Waals surface area contributed by atoms with Crippen molar-refractivity contribution in [1.29, 1.82) is 0 Å². The first-order valence-corrected chi connectivity index (χ1v) is 4.37. The molecular weight excluding hydrogens is 180 g/mol. The van der Waals surface area contributed by atoms with Crippen LogP contribution in [0.4, 0.5) is 0 Å². The van der Waals surface area contributed by atoms with Gasteiger partial charge in [-0.15, -0.1) is 0 Å². The molecule has 0 fully saturated rings. The number of nitrogens with zero attached hydrogens (tertiary/aromatic N) is 1. The Morgan fingerprint density at radius 1 is 1.21 bits per heavy atom. The Bertz CT molecular complexity index is 305. The van der Waals surface area contributed by atoms with E-state index >= 15 is 0 Å². The number of carbonyl (C=O) groups is 2. The molecule has 0 aromatic carbocycles. The highest BCUT2D eigenvalue weighted by Gasteiger charge is 2.04. The Balaban J connectivity index is 0.000000791. The van der Waals surface area contributed by atoms with E-state index in [4.69, 9.17) is 5.73 Å². The standard InChI is InChI=1S/C8H8N2O2.C2H6/c1-5(11)6-2-7(8(9)12)4-10-3-6;1-2/h2-4H,1H3,(H2,9,12);1-2H3. The first-order valence-electron chi connectivity index (χ1n) is 4.37. The minimum atomic E-state index is -0.578. The molecule has 0 spiro atoms. The Labute approximate surface area is 83.1 Å². The molecule has 0 unspecified atom stereocenters. The number of rotatable bonds is 2. The molecule has 0 saturated heterocycles. The fourth-order valence-corrected chi connectivity index (χ4v) is 0.767. The van der Waals surface area contributed by atoms with Gasteiger partial charge in [0.05, 0.1) is 5.56 Å². The van der Waals surface area contributed by atoms with Crippen LogP contribution in [0, 0.1) is 0 Å². The Hall–Kier alpha value is -1.71. The van der Waals surface area contributed by atoms with Gasteiger partial charge in [-0.3, -0.25) is 14.6 Å². The summed E-state index contributed by atoms with van der Waals surface area (Å²) in [7, 11) is 0. The normalized spacial score (nSPS) is 8.50. The largest absolute Gasteiger partial charge is 0.366 e. The van der Waals surface area contributed by atoms with Gasteiger partial charge in [-0.1, -0.05) is 13.8 Å². The maximum atomic E-state index is 10.8. The van der Waals surface area contributed by atoms with E-state index in [0.29, 0.717) is 5.56 Å². The summed E-state index contributed by atoms with van der Waals surface area (Å²) in [5.74, 6) is -0.712. The molecule has 1 aromatic heterocycles. The predicted octanol–water partition coefficient (Wildman–Crippen LogP) is 1.41. The van der Waals surface area contributed by atoms with Gasteiger partial charge in [-0.2, -0.15) is 0 Å². The number of nitrogens with two attached hydrogens (primary N) is 1. The van der Waals surface area contributed by atoms with E-state index in [-0.39, 0.29) is 11.3 Å². The van der Waals surface area contributed by atoms with Crippen molar-refractivity contribution in [2.45, 2.75) is 20.8 Å². The maximum absolute atomic E-state index is 10.8.